The predicted octanol–water partition coefficient (Wildman–Crippen LogP) is 4.19. The van der Waals surface area contributed by atoms with E-state index in [-0.39, 0.29) is 5.82 Å². The summed E-state index contributed by atoms with van der Waals surface area (Å²) < 4.78 is 16.0. The summed E-state index contributed by atoms with van der Waals surface area (Å²) in [7, 11) is 0. The van der Waals surface area contributed by atoms with Crippen molar-refractivity contribution in [2.45, 2.75) is 13.5 Å². The van der Waals surface area contributed by atoms with Crippen LogP contribution in [-0.4, -0.2) is 9.55 Å². The fourth-order valence-corrected chi connectivity index (χ4v) is 2.55. The van der Waals surface area contributed by atoms with Gasteiger partial charge in [-0.3, -0.25) is 4.98 Å². The third-order valence-electron chi connectivity index (χ3n) is 3.19. The van der Waals surface area contributed by atoms with Crippen molar-refractivity contribution in [1.29, 1.82) is 0 Å². The number of rotatable bonds is 2. The molecule has 0 atom stereocenters. The van der Waals surface area contributed by atoms with Crippen molar-refractivity contribution in [3.8, 4) is 0 Å². The van der Waals surface area contributed by atoms with E-state index in [0.717, 1.165) is 16.5 Å². The molecule has 0 amide bonds. The highest BCUT2D eigenvalue weighted by Gasteiger charge is 2.10. The molecule has 0 N–H and O–H groups in total. The minimum Gasteiger partial charge on any atom is -0.343 e. The molecule has 1 aromatic carbocycles. The maximum atomic E-state index is 14.0. The second-order valence-corrected chi connectivity index (χ2v) is 4.99. The Morgan fingerprint density at radius 2 is 2.16 bits per heavy atom. The Morgan fingerprint density at radius 1 is 1.32 bits per heavy atom. The van der Waals surface area contributed by atoms with Gasteiger partial charge in [0.25, 0.3) is 0 Å². The smallest absolute Gasteiger partial charge is 0.129 e. The Labute approximate surface area is 115 Å². The summed E-state index contributed by atoms with van der Waals surface area (Å²) >= 11 is 6.14. The molecule has 0 bridgehead atoms. The lowest BCUT2D eigenvalue weighted by molar-refractivity contribution is 0.601. The highest BCUT2D eigenvalue weighted by atomic mass is 35.5. The van der Waals surface area contributed by atoms with Gasteiger partial charge in [-0.1, -0.05) is 11.6 Å². The molecule has 0 aliphatic heterocycles. The van der Waals surface area contributed by atoms with E-state index in [1.165, 1.54) is 6.07 Å². The maximum Gasteiger partial charge on any atom is 0.129 e. The highest BCUT2D eigenvalue weighted by Crippen LogP contribution is 2.24. The molecule has 0 saturated carbocycles. The summed E-state index contributed by atoms with van der Waals surface area (Å²) in [5.41, 5.74) is 2.36. The van der Waals surface area contributed by atoms with Gasteiger partial charge >= 0.3 is 0 Å². The van der Waals surface area contributed by atoms with Gasteiger partial charge in [-0.2, -0.15) is 0 Å². The van der Waals surface area contributed by atoms with Crippen LogP contribution >= 0.6 is 11.6 Å². The van der Waals surface area contributed by atoms with Gasteiger partial charge < -0.3 is 4.57 Å². The summed E-state index contributed by atoms with van der Waals surface area (Å²) in [5.74, 6) is -0.263. The van der Waals surface area contributed by atoms with Gasteiger partial charge in [0.2, 0.25) is 0 Å². The van der Waals surface area contributed by atoms with Crippen LogP contribution in [0.2, 0.25) is 5.02 Å². The van der Waals surface area contributed by atoms with E-state index >= 15 is 0 Å². The molecule has 0 saturated heterocycles. The standard InChI is InChI=1S/C15H12ClFN2/c1-10-6-13(16)12(14(17)7-10)9-19-5-3-11-8-18-4-2-15(11)19/h2-8H,9H2,1H3. The van der Waals surface area contributed by atoms with Gasteiger partial charge in [0.15, 0.2) is 0 Å². The lowest BCUT2D eigenvalue weighted by Gasteiger charge is -2.09. The predicted molar refractivity (Wildman–Crippen MR) is 75.0 cm³/mol. The minimum atomic E-state index is -0.263. The first-order valence-corrected chi connectivity index (χ1v) is 6.36. The summed E-state index contributed by atoms with van der Waals surface area (Å²) in [6, 6.07) is 7.17. The minimum absolute atomic E-state index is 0.263. The number of aromatic nitrogens is 2. The molecule has 4 heteroatoms. The van der Waals surface area contributed by atoms with E-state index in [9.17, 15) is 4.39 Å². The summed E-state index contributed by atoms with van der Waals surface area (Å²) in [6.07, 6.45) is 5.44. The molecule has 2 aromatic heterocycles. The molecule has 0 radical (unpaired) electrons. The third kappa shape index (κ3) is 2.22. The van der Waals surface area contributed by atoms with Gasteiger partial charge in [0.1, 0.15) is 5.82 Å². The van der Waals surface area contributed by atoms with Crippen LogP contribution in [0.4, 0.5) is 4.39 Å². The number of halogens is 2. The normalized spacial score (nSPS) is 11.1. The number of benzene rings is 1. The molecular weight excluding hydrogens is 263 g/mol. The van der Waals surface area contributed by atoms with E-state index in [0.29, 0.717) is 17.1 Å². The number of aryl methyl sites for hydroxylation is 1. The number of fused-ring (bicyclic) bond motifs is 1. The molecular formula is C15H12ClFN2. The molecule has 19 heavy (non-hydrogen) atoms. The number of hydrogen-bond acceptors (Lipinski definition) is 1. The molecule has 0 aliphatic rings. The van der Waals surface area contributed by atoms with Crippen molar-refractivity contribution >= 4 is 22.5 Å². The van der Waals surface area contributed by atoms with Crippen LogP contribution in [0, 0.1) is 12.7 Å². The zero-order valence-corrected chi connectivity index (χ0v) is 11.2. The number of nitrogens with zero attached hydrogens (tertiary/aromatic N) is 2. The van der Waals surface area contributed by atoms with Gasteiger partial charge in [-0.25, -0.2) is 4.39 Å². The first-order chi connectivity index (χ1) is 9.15. The summed E-state index contributed by atoms with van der Waals surface area (Å²) in [6.45, 7) is 2.24. The van der Waals surface area contributed by atoms with E-state index in [1.807, 2.05) is 29.8 Å². The fourth-order valence-electron chi connectivity index (χ4n) is 2.23. The lowest BCUT2D eigenvalue weighted by atomic mass is 10.1. The van der Waals surface area contributed by atoms with Gasteiger partial charge in [0, 0.05) is 34.6 Å². The zero-order chi connectivity index (χ0) is 13.4. The van der Waals surface area contributed by atoms with Crippen molar-refractivity contribution in [3.63, 3.8) is 0 Å². The molecule has 3 rings (SSSR count). The van der Waals surface area contributed by atoms with Crippen LogP contribution < -0.4 is 0 Å². The zero-order valence-electron chi connectivity index (χ0n) is 10.4. The largest absolute Gasteiger partial charge is 0.343 e. The van der Waals surface area contributed by atoms with Crippen LogP contribution in [0.15, 0.2) is 42.9 Å². The van der Waals surface area contributed by atoms with E-state index in [2.05, 4.69) is 4.98 Å². The van der Waals surface area contributed by atoms with Crippen LogP contribution in [0.1, 0.15) is 11.1 Å². The monoisotopic (exact) mass is 274 g/mol. The molecule has 3 aromatic rings. The second-order valence-electron chi connectivity index (χ2n) is 4.59. The highest BCUT2D eigenvalue weighted by molar-refractivity contribution is 6.31. The Hall–Kier alpha value is -1.87. The van der Waals surface area contributed by atoms with Crippen molar-refractivity contribution in [2.75, 3.05) is 0 Å². The lowest BCUT2D eigenvalue weighted by Crippen LogP contribution is -2.02. The van der Waals surface area contributed by atoms with E-state index < -0.39 is 0 Å². The quantitative estimate of drug-likeness (QED) is 0.685. The van der Waals surface area contributed by atoms with Gasteiger partial charge in [0.05, 0.1) is 12.1 Å². The first kappa shape index (κ1) is 12.2. The molecule has 0 spiro atoms. The van der Waals surface area contributed by atoms with E-state index in [1.54, 1.807) is 18.5 Å². The van der Waals surface area contributed by atoms with Crippen LogP contribution in [0.5, 0.6) is 0 Å². The third-order valence-corrected chi connectivity index (χ3v) is 3.52. The van der Waals surface area contributed by atoms with Crippen molar-refractivity contribution in [2.24, 2.45) is 0 Å². The SMILES string of the molecule is Cc1cc(F)c(Cn2ccc3cnccc32)c(Cl)c1. The Morgan fingerprint density at radius 3 is 2.95 bits per heavy atom. The Bertz CT molecular complexity index is 726. The average Bonchev–Trinajstić information content (AvgIpc) is 2.77. The van der Waals surface area contributed by atoms with Crippen molar-refractivity contribution < 1.29 is 4.39 Å². The van der Waals surface area contributed by atoms with Crippen LogP contribution in [0.25, 0.3) is 10.9 Å². The molecule has 96 valence electrons. The van der Waals surface area contributed by atoms with Crippen molar-refractivity contribution in [3.05, 3.63) is 64.8 Å². The summed E-state index contributed by atoms with van der Waals surface area (Å²) in [5, 5.41) is 1.50. The topological polar surface area (TPSA) is 17.8 Å². The molecule has 2 nitrogen and oxygen atoms in total. The maximum absolute atomic E-state index is 14.0. The van der Waals surface area contributed by atoms with Gasteiger partial charge in [-0.15, -0.1) is 0 Å². The van der Waals surface area contributed by atoms with Crippen molar-refractivity contribution in [1.82, 2.24) is 9.55 Å². The summed E-state index contributed by atoms with van der Waals surface area (Å²) in [4.78, 5) is 4.07. The Balaban J connectivity index is 2.06. The van der Waals surface area contributed by atoms with Gasteiger partial charge in [-0.05, 0) is 36.8 Å². The molecule has 0 unspecified atom stereocenters. The number of hydrogen-bond donors (Lipinski definition) is 0. The van der Waals surface area contributed by atoms with Crippen LogP contribution in [-0.2, 0) is 6.54 Å². The van der Waals surface area contributed by atoms with Crippen LogP contribution in [0.3, 0.4) is 0 Å². The second kappa shape index (κ2) is 4.67. The number of pyridine rings is 1. The molecule has 0 fully saturated rings. The molecule has 0 aliphatic carbocycles. The fraction of sp³-hybridized carbons (Fsp3) is 0.133. The average molecular weight is 275 g/mol. The molecule has 2 heterocycles. The first-order valence-electron chi connectivity index (χ1n) is 5.98. The Kier molecular flexibility index (Phi) is 2.99. The van der Waals surface area contributed by atoms with E-state index in [4.69, 9.17) is 11.6 Å².